The zero-order chi connectivity index (χ0) is 25.4. The van der Waals surface area contributed by atoms with Crippen LogP contribution >= 0.6 is 0 Å². The maximum Gasteiger partial charge on any atom is 0.309 e. The van der Waals surface area contributed by atoms with Gasteiger partial charge in [0.1, 0.15) is 0 Å². The lowest BCUT2D eigenvalue weighted by molar-refractivity contribution is -0.190. The summed E-state index contributed by atoms with van der Waals surface area (Å²) in [6.07, 6.45) is -2.07. The molecule has 0 heterocycles. The van der Waals surface area contributed by atoms with Crippen molar-refractivity contribution in [2.45, 2.75) is 90.4 Å². The second kappa shape index (κ2) is 16.5. The minimum atomic E-state index is -1.20. The first-order valence-corrected chi connectivity index (χ1v) is 10.7. The number of carbonyl (C=O) groups is 6. The van der Waals surface area contributed by atoms with Crippen LogP contribution < -0.4 is 0 Å². The van der Waals surface area contributed by atoms with E-state index < -0.39 is 67.0 Å². The molecule has 12 heteroatoms. The van der Waals surface area contributed by atoms with Crippen molar-refractivity contribution >= 4 is 35.8 Å². The molecule has 3 atom stereocenters. The highest BCUT2D eigenvalue weighted by molar-refractivity contribution is 5.79. The molecule has 0 aliphatic heterocycles. The number of hydrogen-bond donors (Lipinski definition) is 3. The number of esters is 3. The molecule has 0 saturated carbocycles. The number of hydrogen-bond acceptors (Lipinski definition) is 9. The van der Waals surface area contributed by atoms with Gasteiger partial charge in [0.05, 0.1) is 44.1 Å². The SMILES string of the molecule is CCCC(OC(=O)CCC(=O)O)OC(=O)CCC(=O)OC(C)CCCC(CC(=O)O)C(=O)O. The third-order valence-corrected chi connectivity index (χ3v) is 4.39. The van der Waals surface area contributed by atoms with E-state index in [1.165, 1.54) is 0 Å². The van der Waals surface area contributed by atoms with Crippen molar-refractivity contribution in [3.8, 4) is 0 Å². The third kappa shape index (κ3) is 16.2. The highest BCUT2D eigenvalue weighted by Crippen LogP contribution is 2.16. The van der Waals surface area contributed by atoms with E-state index in [0.29, 0.717) is 19.3 Å². The van der Waals surface area contributed by atoms with Crippen molar-refractivity contribution in [1.82, 2.24) is 0 Å². The summed E-state index contributed by atoms with van der Waals surface area (Å²) < 4.78 is 15.1. The summed E-state index contributed by atoms with van der Waals surface area (Å²) in [6, 6.07) is 0. The van der Waals surface area contributed by atoms with Gasteiger partial charge in [-0.05, 0) is 32.6 Å². The molecule has 0 aromatic heterocycles. The maximum atomic E-state index is 11.9. The summed E-state index contributed by atoms with van der Waals surface area (Å²) in [5.41, 5.74) is 0. The van der Waals surface area contributed by atoms with Crippen molar-refractivity contribution in [1.29, 1.82) is 0 Å². The molecule has 0 rings (SSSR count). The van der Waals surface area contributed by atoms with Gasteiger partial charge in [0.2, 0.25) is 6.29 Å². The Hall–Kier alpha value is -3.18. The molecular formula is C21H32O12. The predicted molar refractivity (Wildman–Crippen MR) is 110 cm³/mol. The highest BCUT2D eigenvalue weighted by atomic mass is 16.7. The molecule has 0 aromatic carbocycles. The molecule has 0 aliphatic carbocycles. The van der Waals surface area contributed by atoms with Crippen molar-refractivity contribution in [3.05, 3.63) is 0 Å². The number of carboxylic acids is 3. The van der Waals surface area contributed by atoms with E-state index in [2.05, 4.69) is 0 Å². The molecule has 188 valence electrons. The van der Waals surface area contributed by atoms with E-state index in [0.717, 1.165) is 0 Å². The van der Waals surface area contributed by atoms with Gasteiger partial charge in [-0.3, -0.25) is 28.8 Å². The van der Waals surface area contributed by atoms with E-state index in [1.807, 2.05) is 0 Å². The molecule has 3 N–H and O–H groups in total. The van der Waals surface area contributed by atoms with E-state index in [-0.39, 0.29) is 32.1 Å². The number of carbonyl (C=O) groups excluding carboxylic acids is 3. The minimum absolute atomic E-state index is 0.125. The Bertz CT molecular complexity index is 687. The molecule has 0 bridgehead atoms. The fourth-order valence-electron chi connectivity index (χ4n) is 2.72. The Balaban J connectivity index is 4.32. The van der Waals surface area contributed by atoms with Gasteiger partial charge in [0.15, 0.2) is 0 Å². The van der Waals surface area contributed by atoms with Crippen LogP contribution in [-0.4, -0.2) is 63.5 Å². The van der Waals surface area contributed by atoms with Gasteiger partial charge < -0.3 is 29.5 Å². The van der Waals surface area contributed by atoms with E-state index in [4.69, 9.17) is 29.5 Å². The Morgan fingerprint density at radius 2 is 1.21 bits per heavy atom. The lowest BCUT2D eigenvalue weighted by atomic mass is 9.97. The number of ether oxygens (including phenoxy) is 3. The number of rotatable bonds is 18. The van der Waals surface area contributed by atoms with Crippen molar-refractivity contribution < 1.29 is 58.3 Å². The Kier molecular flexibility index (Phi) is 14.9. The maximum absolute atomic E-state index is 11.9. The van der Waals surface area contributed by atoms with Crippen molar-refractivity contribution in [2.24, 2.45) is 5.92 Å². The molecule has 0 saturated heterocycles. The van der Waals surface area contributed by atoms with Gasteiger partial charge in [-0.15, -0.1) is 0 Å². The van der Waals surface area contributed by atoms with Crippen LogP contribution in [-0.2, 0) is 43.0 Å². The largest absolute Gasteiger partial charge is 0.481 e. The van der Waals surface area contributed by atoms with Gasteiger partial charge in [-0.25, -0.2) is 0 Å². The van der Waals surface area contributed by atoms with Crippen LogP contribution in [0.2, 0.25) is 0 Å². The summed E-state index contributed by atoms with van der Waals surface area (Å²) in [7, 11) is 0. The fraction of sp³-hybridized carbons (Fsp3) is 0.714. The second-order valence-electron chi connectivity index (χ2n) is 7.46. The van der Waals surface area contributed by atoms with E-state index in [9.17, 15) is 28.8 Å². The van der Waals surface area contributed by atoms with Gasteiger partial charge >= 0.3 is 35.8 Å². The lowest BCUT2D eigenvalue weighted by Crippen LogP contribution is -2.25. The molecule has 0 fully saturated rings. The number of carboxylic acid groups (broad SMARTS) is 3. The van der Waals surface area contributed by atoms with Crippen LogP contribution in [0.5, 0.6) is 0 Å². The average Bonchev–Trinajstić information content (AvgIpc) is 2.69. The zero-order valence-electron chi connectivity index (χ0n) is 18.8. The van der Waals surface area contributed by atoms with Crippen molar-refractivity contribution in [2.75, 3.05) is 0 Å². The lowest BCUT2D eigenvalue weighted by Gasteiger charge is -2.18. The fourth-order valence-corrected chi connectivity index (χ4v) is 2.72. The molecule has 33 heavy (non-hydrogen) atoms. The van der Waals surface area contributed by atoms with E-state index in [1.54, 1.807) is 13.8 Å². The molecule has 0 aliphatic rings. The molecule has 0 aromatic rings. The van der Waals surface area contributed by atoms with Gasteiger partial charge in [-0.1, -0.05) is 6.92 Å². The van der Waals surface area contributed by atoms with Crippen LogP contribution in [0.1, 0.15) is 78.1 Å². The molecule has 0 spiro atoms. The van der Waals surface area contributed by atoms with Crippen LogP contribution in [0.25, 0.3) is 0 Å². The summed E-state index contributed by atoms with van der Waals surface area (Å²) in [5, 5.41) is 26.3. The van der Waals surface area contributed by atoms with Gasteiger partial charge in [-0.2, -0.15) is 0 Å². The zero-order valence-corrected chi connectivity index (χ0v) is 18.8. The van der Waals surface area contributed by atoms with E-state index >= 15 is 0 Å². The monoisotopic (exact) mass is 476 g/mol. The standard InChI is InChI=1S/C21H32O12/c1-3-5-20(32-18(27)9-8-15(22)23)33-19(28)11-10-17(26)31-13(2)6-4-7-14(21(29)30)12-16(24)25/h13-14,20H,3-12H2,1-2H3,(H,22,23)(H,24,25)(H,29,30). The molecule has 12 nitrogen and oxygen atoms in total. The van der Waals surface area contributed by atoms with Crippen LogP contribution in [0.4, 0.5) is 0 Å². The van der Waals surface area contributed by atoms with Gasteiger partial charge in [0.25, 0.3) is 0 Å². The van der Waals surface area contributed by atoms with Crippen LogP contribution in [0.3, 0.4) is 0 Å². The molecule has 0 amide bonds. The Morgan fingerprint density at radius 3 is 1.67 bits per heavy atom. The molecule has 0 radical (unpaired) electrons. The third-order valence-electron chi connectivity index (χ3n) is 4.39. The first kappa shape index (κ1) is 29.8. The van der Waals surface area contributed by atoms with Crippen LogP contribution in [0, 0.1) is 5.92 Å². The van der Waals surface area contributed by atoms with Crippen LogP contribution in [0.15, 0.2) is 0 Å². The number of aliphatic carboxylic acids is 3. The summed E-state index contributed by atoms with van der Waals surface area (Å²) >= 11 is 0. The predicted octanol–water partition coefficient (Wildman–Crippen LogP) is 2.12. The smallest absolute Gasteiger partial charge is 0.309 e. The summed E-state index contributed by atoms with van der Waals surface area (Å²) in [4.78, 5) is 67.7. The summed E-state index contributed by atoms with van der Waals surface area (Å²) in [5.74, 6) is -6.86. The van der Waals surface area contributed by atoms with Crippen molar-refractivity contribution in [3.63, 3.8) is 0 Å². The average molecular weight is 476 g/mol. The first-order valence-electron chi connectivity index (χ1n) is 10.7. The molecule has 3 unspecified atom stereocenters. The Labute approximate surface area is 191 Å². The minimum Gasteiger partial charge on any atom is -0.481 e. The first-order chi connectivity index (χ1) is 15.4. The summed E-state index contributed by atoms with van der Waals surface area (Å²) in [6.45, 7) is 3.36. The highest BCUT2D eigenvalue weighted by Gasteiger charge is 2.22. The Morgan fingerprint density at radius 1 is 0.697 bits per heavy atom. The quantitative estimate of drug-likeness (QED) is 0.193. The van der Waals surface area contributed by atoms with Gasteiger partial charge in [0, 0.05) is 6.42 Å². The topological polar surface area (TPSA) is 191 Å². The molecular weight excluding hydrogens is 444 g/mol. The second-order valence-corrected chi connectivity index (χ2v) is 7.46. The normalized spacial score (nSPS) is 13.3.